The summed E-state index contributed by atoms with van der Waals surface area (Å²) in [6.07, 6.45) is 2.86. The van der Waals surface area contributed by atoms with Crippen molar-refractivity contribution in [3.63, 3.8) is 0 Å². The highest BCUT2D eigenvalue weighted by molar-refractivity contribution is 6.02. The van der Waals surface area contributed by atoms with E-state index in [1.54, 1.807) is 0 Å². The smallest absolute Gasteiger partial charge is 0.341 e. The number of hydrogen-bond acceptors (Lipinski definition) is 4. The van der Waals surface area contributed by atoms with Crippen LogP contribution in [0.3, 0.4) is 0 Å². The Balaban J connectivity index is 3.36. The molecule has 0 fully saturated rings. The first-order valence-electron chi connectivity index (χ1n) is 4.12. The maximum atomic E-state index is 10.9. The zero-order chi connectivity index (χ0) is 12.5. The van der Waals surface area contributed by atoms with Crippen LogP contribution in [0, 0.1) is 5.92 Å². The normalized spacial score (nSPS) is 28.3. The van der Waals surface area contributed by atoms with Gasteiger partial charge in [-0.05, 0) is 6.08 Å². The first kappa shape index (κ1) is 11.9. The minimum absolute atomic E-state index is 0.857. The average molecular weight is 228 g/mol. The lowest BCUT2D eigenvalue weighted by Gasteiger charge is -2.30. The van der Waals surface area contributed by atoms with Crippen molar-refractivity contribution in [3.8, 4) is 0 Å². The summed E-state index contributed by atoms with van der Waals surface area (Å²) in [5, 5.41) is 35.9. The number of hydrogen-bond donors (Lipinski definition) is 4. The predicted molar refractivity (Wildman–Crippen MR) is 48.6 cm³/mol. The van der Waals surface area contributed by atoms with E-state index < -0.39 is 35.0 Å². The lowest BCUT2D eigenvalue weighted by Crippen LogP contribution is -2.52. The quantitative estimate of drug-likeness (QED) is 0.491. The molecule has 0 amide bonds. The molecule has 0 radical (unpaired) electrons. The van der Waals surface area contributed by atoms with Crippen LogP contribution < -0.4 is 0 Å². The molecule has 0 saturated heterocycles. The molecule has 0 aromatic heterocycles. The molecule has 4 N–H and O–H groups in total. The standard InChI is InChI=1S/C9H8O7/c10-6(11)4-2-1-3-5(7(12)13)9(4,16)8(14)15/h1-4,16H,(H,10,11)(H,12,13)(H,14,15). The van der Waals surface area contributed by atoms with Crippen LogP contribution in [0.4, 0.5) is 0 Å². The second-order valence-electron chi connectivity index (χ2n) is 3.16. The molecule has 1 aliphatic rings. The third-order valence-corrected chi connectivity index (χ3v) is 2.25. The number of allylic oxidation sites excluding steroid dienone is 2. The first-order valence-corrected chi connectivity index (χ1v) is 4.12. The van der Waals surface area contributed by atoms with Crippen LogP contribution >= 0.6 is 0 Å². The fraction of sp³-hybridized carbons (Fsp3) is 0.222. The van der Waals surface area contributed by atoms with E-state index in [9.17, 15) is 19.5 Å². The van der Waals surface area contributed by atoms with Gasteiger partial charge in [0.15, 0.2) is 0 Å². The number of aliphatic hydroxyl groups is 1. The Hall–Kier alpha value is -2.15. The van der Waals surface area contributed by atoms with Gasteiger partial charge in [-0.25, -0.2) is 9.59 Å². The molecule has 0 aromatic rings. The Morgan fingerprint density at radius 2 is 1.75 bits per heavy atom. The molecule has 7 heteroatoms. The molecular formula is C9H8O7. The summed E-state index contributed by atoms with van der Waals surface area (Å²) in [4.78, 5) is 32.3. The molecule has 0 bridgehead atoms. The molecule has 0 spiro atoms. The Labute approximate surface area is 88.9 Å². The van der Waals surface area contributed by atoms with Crippen molar-refractivity contribution in [3.05, 3.63) is 23.8 Å². The molecule has 2 atom stereocenters. The van der Waals surface area contributed by atoms with Crippen molar-refractivity contribution in [2.24, 2.45) is 5.92 Å². The van der Waals surface area contributed by atoms with E-state index in [0.717, 1.165) is 18.2 Å². The van der Waals surface area contributed by atoms with Gasteiger partial charge in [0.05, 0.1) is 5.57 Å². The van der Waals surface area contributed by atoms with Crippen LogP contribution in [0.5, 0.6) is 0 Å². The molecule has 16 heavy (non-hydrogen) atoms. The van der Waals surface area contributed by atoms with Crippen LogP contribution in [0.25, 0.3) is 0 Å². The molecule has 0 aliphatic heterocycles. The van der Waals surface area contributed by atoms with Gasteiger partial charge in [-0.2, -0.15) is 0 Å². The summed E-state index contributed by atoms with van der Waals surface area (Å²) in [5.74, 6) is -7.05. The van der Waals surface area contributed by atoms with Crippen molar-refractivity contribution in [2.75, 3.05) is 0 Å². The van der Waals surface area contributed by atoms with Crippen LogP contribution in [0.15, 0.2) is 23.8 Å². The van der Waals surface area contributed by atoms with E-state index in [2.05, 4.69) is 0 Å². The fourth-order valence-corrected chi connectivity index (χ4v) is 1.44. The Morgan fingerprint density at radius 1 is 1.19 bits per heavy atom. The van der Waals surface area contributed by atoms with Crippen LogP contribution in [0.2, 0.25) is 0 Å². The van der Waals surface area contributed by atoms with Gasteiger partial charge in [0, 0.05) is 0 Å². The van der Waals surface area contributed by atoms with Gasteiger partial charge < -0.3 is 20.4 Å². The zero-order valence-electron chi connectivity index (χ0n) is 7.82. The topological polar surface area (TPSA) is 132 Å². The second-order valence-corrected chi connectivity index (χ2v) is 3.16. The summed E-state index contributed by atoms with van der Waals surface area (Å²) in [6.45, 7) is 0. The van der Waals surface area contributed by atoms with Crippen molar-refractivity contribution in [1.82, 2.24) is 0 Å². The number of rotatable bonds is 3. The zero-order valence-corrected chi connectivity index (χ0v) is 7.82. The first-order chi connectivity index (χ1) is 7.31. The molecule has 1 rings (SSSR count). The van der Waals surface area contributed by atoms with E-state index in [4.69, 9.17) is 15.3 Å². The summed E-state index contributed by atoms with van der Waals surface area (Å²) in [6, 6.07) is 0. The lowest BCUT2D eigenvalue weighted by molar-refractivity contribution is -0.168. The van der Waals surface area contributed by atoms with E-state index in [-0.39, 0.29) is 0 Å². The molecule has 86 valence electrons. The van der Waals surface area contributed by atoms with Crippen molar-refractivity contribution >= 4 is 17.9 Å². The molecule has 0 aromatic carbocycles. The monoisotopic (exact) mass is 228 g/mol. The van der Waals surface area contributed by atoms with Gasteiger partial charge in [-0.15, -0.1) is 0 Å². The number of carboxylic acids is 3. The van der Waals surface area contributed by atoms with Crippen molar-refractivity contribution < 1.29 is 34.8 Å². The predicted octanol–water partition coefficient (Wildman–Crippen LogP) is -0.916. The SMILES string of the molecule is O=C(O)C1=CC=CC(C(=O)O)C1(O)C(=O)O. The summed E-state index contributed by atoms with van der Waals surface area (Å²) in [5.41, 5.74) is -3.83. The minimum atomic E-state index is -2.95. The molecule has 2 unspecified atom stereocenters. The Morgan fingerprint density at radius 3 is 2.12 bits per heavy atom. The Bertz CT molecular complexity index is 420. The molecule has 1 aliphatic carbocycles. The van der Waals surface area contributed by atoms with Crippen LogP contribution in [0.1, 0.15) is 0 Å². The van der Waals surface area contributed by atoms with Gasteiger partial charge in [0.25, 0.3) is 0 Å². The fourth-order valence-electron chi connectivity index (χ4n) is 1.44. The van der Waals surface area contributed by atoms with E-state index in [1.807, 2.05) is 0 Å². The Kier molecular flexibility index (Phi) is 2.82. The molecule has 0 heterocycles. The van der Waals surface area contributed by atoms with Gasteiger partial charge in [0.2, 0.25) is 5.60 Å². The van der Waals surface area contributed by atoms with E-state index in [0.29, 0.717) is 0 Å². The number of carboxylic acid groups (broad SMARTS) is 3. The average Bonchev–Trinajstić information content (AvgIpc) is 2.16. The largest absolute Gasteiger partial charge is 0.481 e. The number of aliphatic carboxylic acids is 3. The van der Waals surface area contributed by atoms with Crippen LogP contribution in [-0.2, 0) is 14.4 Å². The lowest BCUT2D eigenvalue weighted by atomic mass is 9.77. The van der Waals surface area contributed by atoms with Gasteiger partial charge >= 0.3 is 17.9 Å². The van der Waals surface area contributed by atoms with Gasteiger partial charge in [-0.1, -0.05) is 12.2 Å². The summed E-state index contributed by atoms with van der Waals surface area (Å²) in [7, 11) is 0. The van der Waals surface area contributed by atoms with Crippen LogP contribution in [-0.4, -0.2) is 43.9 Å². The maximum Gasteiger partial charge on any atom is 0.341 e. The molecule has 0 saturated carbocycles. The van der Waals surface area contributed by atoms with E-state index in [1.165, 1.54) is 0 Å². The highest BCUT2D eigenvalue weighted by atomic mass is 16.4. The molecular weight excluding hydrogens is 220 g/mol. The summed E-state index contributed by atoms with van der Waals surface area (Å²) >= 11 is 0. The van der Waals surface area contributed by atoms with E-state index >= 15 is 0 Å². The molecule has 7 nitrogen and oxygen atoms in total. The van der Waals surface area contributed by atoms with Crippen molar-refractivity contribution in [2.45, 2.75) is 5.60 Å². The third kappa shape index (κ3) is 1.57. The summed E-state index contributed by atoms with van der Waals surface area (Å²) < 4.78 is 0. The highest BCUT2D eigenvalue weighted by Gasteiger charge is 2.53. The highest BCUT2D eigenvalue weighted by Crippen LogP contribution is 2.31. The van der Waals surface area contributed by atoms with Crippen molar-refractivity contribution in [1.29, 1.82) is 0 Å². The minimum Gasteiger partial charge on any atom is -0.481 e. The maximum absolute atomic E-state index is 10.9. The third-order valence-electron chi connectivity index (χ3n) is 2.25. The second kappa shape index (κ2) is 3.78. The van der Waals surface area contributed by atoms with Gasteiger partial charge in [-0.3, -0.25) is 4.79 Å². The number of carbonyl (C=O) groups is 3. The van der Waals surface area contributed by atoms with Gasteiger partial charge in [0.1, 0.15) is 5.92 Å².